The van der Waals surface area contributed by atoms with Crippen LogP contribution in [-0.2, 0) is 4.79 Å². The number of anilines is 1. The molecule has 0 saturated carbocycles. The molecule has 118 valence electrons. The average molecular weight is 332 g/mol. The summed E-state index contributed by atoms with van der Waals surface area (Å²) in [6.07, 6.45) is 1.34. The van der Waals surface area contributed by atoms with E-state index in [0.717, 1.165) is 11.3 Å². The Morgan fingerprint density at radius 1 is 1.35 bits per heavy atom. The van der Waals surface area contributed by atoms with Crippen molar-refractivity contribution in [2.75, 3.05) is 11.9 Å². The second kappa shape index (κ2) is 6.26. The zero-order chi connectivity index (χ0) is 16.4. The van der Waals surface area contributed by atoms with Crippen molar-refractivity contribution < 1.29 is 13.9 Å². The molecule has 0 aliphatic heterocycles. The van der Waals surface area contributed by atoms with Crippen molar-refractivity contribution in [3.05, 3.63) is 46.9 Å². The van der Waals surface area contributed by atoms with E-state index in [1.165, 1.54) is 6.33 Å². The molecule has 0 radical (unpaired) electrons. The van der Waals surface area contributed by atoms with Crippen molar-refractivity contribution in [2.24, 2.45) is 0 Å². The lowest BCUT2D eigenvalue weighted by atomic mass is 10.2. The first kappa shape index (κ1) is 15.3. The van der Waals surface area contributed by atoms with E-state index in [1.807, 2.05) is 13.8 Å². The highest BCUT2D eigenvalue weighted by Gasteiger charge is 2.15. The lowest BCUT2D eigenvalue weighted by molar-refractivity contribution is -0.118. The van der Waals surface area contributed by atoms with Gasteiger partial charge in [0, 0.05) is 16.3 Å². The fourth-order valence-electron chi connectivity index (χ4n) is 2.16. The Hall–Kier alpha value is -2.60. The summed E-state index contributed by atoms with van der Waals surface area (Å²) in [4.78, 5) is 20.1. The monoisotopic (exact) mass is 331 g/mol. The van der Waals surface area contributed by atoms with Crippen LogP contribution in [0.5, 0.6) is 5.88 Å². The van der Waals surface area contributed by atoms with Crippen LogP contribution in [-0.4, -0.2) is 22.5 Å². The molecule has 2 heterocycles. The maximum atomic E-state index is 12.0. The van der Waals surface area contributed by atoms with Gasteiger partial charge in [0.05, 0.1) is 0 Å². The van der Waals surface area contributed by atoms with Crippen molar-refractivity contribution in [1.29, 1.82) is 0 Å². The van der Waals surface area contributed by atoms with E-state index < -0.39 is 0 Å². The Balaban J connectivity index is 1.72. The molecule has 0 spiro atoms. The van der Waals surface area contributed by atoms with Crippen LogP contribution in [0.1, 0.15) is 11.3 Å². The molecule has 3 rings (SSSR count). The fourth-order valence-corrected chi connectivity index (χ4v) is 2.35. The Morgan fingerprint density at radius 2 is 2.17 bits per heavy atom. The number of fused-ring (bicyclic) bond motifs is 1. The molecule has 6 nitrogen and oxygen atoms in total. The van der Waals surface area contributed by atoms with Crippen molar-refractivity contribution >= 4 is 34.3 Å². The summed E-state index contributed by atoms with van der Waals surface area (Å²) in [7, 11) is 0. The molecule has 1 aromatic carbocycles. The van der Waals surface area contributed by atoms with Gasteiger partial charge >= 0.3 is 0 Å². The Kier molecular flexibility index (Phi) is 4.16. The predicted octanol–water partition coefficient (Wildman–Crippen LogP) is 3.51. The van der Waals surface area contributed by atoms with Gasteiger partial charge in [-0.1, -0.05) is 17.7 Å². The molecule has 0 aliphatic rings. The van der Waals surface area contributed by atoms with Crippen molar-refractivity contribution in [1.82, 2.24) is 9.97 Å². The number of aromatic nitrogens is 2. The molecule has 7 heteroatoms. The Bertz CT molecular complexity index is 876. The minimum atomic E-state index is -0.308. The molecule has 0 aliphatic carbocycles. The van der Waals surface area contributed by atoms with Gasteiger partial charge in [0.25, 0.3) is 5.91 Å². The number of furan rings is 1. The first-order chi connectivity index (χ1) is 11.0. The predicted molar refractivity (Wildman–Crippen MR) is 86.9 cm³/mol. The second-order valence-corrected chi connectivity index (χ2v) is 5.43. The molecule has 0 saturated heterocycles. The van der Waals surface area contributed by atoms with E-state index in [-0.39, 0.29) is 12.5 Å². The Morgan fingerprint density at radius 3 is 2.96 bits per heavy atom. The van der Waals surface area contributed by atoms with Gasteiger partial charge in [0.1, 0.15) is 17.5 Å². The van der Waals surface area contributed by atoms with Crippen molar-refractivity contribution in [3.63, 3.8) is 0 Å². The Labute approximate surface area is 137 Å². The maximum Gasteiger partial charge on any atom is 0.262 e. The number of hydrogen-bond acceptors (Lipinski definition) is 5. The van der Waals surface area contributed by atoms with Gasteiger partial charge in [-0.05, 0) is 32.0 Å². The molecule has 0 bridgehead atoms. The molecule has 0 fully saturated rings. The maximum absolute atomic E-state index is 12.0. The number of carbonyl (C=O) groups is 1. The zero-order valence-electron chi connectivity index (χ0n) is 12.6. The van der Waals surface area contributed by atoms with E-state index in [2.05, 4.69) is 15.3 Å². The highest BCUT2D eigenvalue weighted by Crippen LogP contribution is 2.29. The molecule has 3 aromatic rings. The van der Waals surface area contributed by atoms with Gasteiger partial charge in [0.15, 0.2) is 6.61 Å². The van der Waals surface area contributed by atoms with Gasteiger partial charge in [-0.25, -0.2) is 9.97 Å². The first-order valence-electron chi connectivity index (χ1n) is 6.93. The summed E-state index contributed by atoms with van der Waals surface area (Å²) in [5.74, 6) is 0.760. The minimum absolute atomic E-state index is 0.178. The zero-order valence-corrected chi connectivity index (χ0v) is 13.3. The number of benzene rings is 1. The summed E-state index contributed by atoms with van der Waals surface area (Å²) in [6.45, 7) is 3.55. The molecule has 23 heavy (non-hydrogen) atoms. The molecule has 0 unspecified atom stereocenters. The molecule has 0 atom stereocenters. The van der Waals surface area contributed by atoms with Crippen LogP contribution in [0, 0.1) is 13.8 Å². The second-order valence-electron chi connectivity index (χ2n) is 4.99. The molecular formula is C16H14ClN3O3. The summed E-state index contributed by atoms with van der Waals surface area (Å²) in [5.41, 5.74) is 1.94. The fraction of sp³-hybridized carbons (Fsp3) is 0.188. The normalized spacial score (nSPS) is 10.7. The third-order valence-electron chi connectivity index (χ3n) is 3.38. The van der Waals surface area contributed by atoms with Crippen LogP contribution < -0.4 is 10.1 Å². The smallest absolute Gasteiger partial charge is 0.262 e. The molecule has 1 amide bonds. The number of amides is 1. The summed E-state index contributed by atoms with van der Waals surface area (Å²) < 4.78 is 11.0. The first-order valence-corrected chi connectivity index (χ1v) is 7.31. The highest BCUT2D eigenvalue weighted by atomic mass is 35.5. The SMILES string of the molecule is Cc1oc2ncnc(OCC(=O)Nc3cccc(Cl)c3)c2c1C. The topological polar surface area (TPSA) is 77.2 Å². The van der Waals surface area contributed by atoms with E-state index in [0.29, 0.717) is 27.7 Å². The summed E-state index contributed by atoms with van der Waals surface area (Å²) >= 11 is 5.88. The number of halogens is 1. The quantitative estimate of drug-likeness (QED) is 0.791. The number of carbonyl (C=O) groups excluding carboxylic acids is 1. The van der Waals surface area contributed by atoms with E-state index in [9.17, 15) is 4.79 Å². The molecule has 1 N–H and O–H groups in total. The van der Waals surface area contributed by atoms with Gasteiger partial charge in [0.2, 0.25) is 11.6 Å². The standard InChI is InChI=1S/C16H14ClN3O3/c1-9-10(2)23-16-14(9)15(18-8-19-16)22-7-13(21)20-12-5-3-4-11(17)6-12/h3-6,8H,7H2,1-2H3,(H,20,21). The van der Waals surface area contributed by atoms with Crippen molar-refractivity contribution in [2.45, 2.75) is 13.8 Å². The summed E-state index contributed by atoms with van der Waals surface area (Å²) in [5, 5.41) is 3.93. The number of hydrogen-bond donors (Lipinski definition) is 1. The largest absolute Gasteiger partial charge is 0.467 e. The van der Waals surface area contributed by atoms with E-state index in [1.54, 1.807) is 24.3 Å². The lowest BCUT2D eigenvalue weighted by Gasteiger charge is -2.07. The third kappa shape index (κ3) is 3.27. The lowest BCUT2D eigenvalue weighted by Crippen LogP contribution is -2.20. The van der Waals surface area contributed by atoms with Crippen LogP contribution in [0.3, 0.4) is 0 Å². The molecule has 2 aromatic heterocycles. The third-order valence-corrected chi connectivity index (χ3v) is 3.61. The van der Waals surface area contributed by atoms with Crippen molar-refractivity contribution in [3.8, 4) is 5.88 Å². The number of ether oxygens (including phenoxy) is 1. The number of nitrogens with one attached hydrogen (secondary N) is 1. The summed E-state index contributed by atoms with van der Waals surface area (Å²) in [6, 6.07) is 6.89. The van der Waals surface area contributed by atoms with Gasteiger partial charge < -0.3 is 14.5 Å². The highest BCUT2D eigenvalue weighted by molar-refractivity contribution is 6.30. The van der Waals surface area contributed by atoms with Crippen LogP contribution >= 0.6 is 11.6 Å². The van der Waals surface area contributed by atoms with E-state index >= 15 is 0 Å². The van der Waals surface area contributed by atoms with Crippen LogP contribution in [0.15, 0.2) is 35.0 Å². The number of aryl methyl sites for hydroxylation is 2. The van der Waals surface area contributed by atoms with Gasteiger partial charge in [-0.2, -0.15) is 0 Å². The average Bonchev–Trinajstić information content (AvgIpc) is 2.81. The number of rotatable bonds is 4. The van der Waals surface area contributed by atoms with E-state index in [4.69, 9.17) is 20.8 Å². The molecular weight excluding hydrogens is 318 g/mol. The van der Waals surface area contributed by atoms with Crippen LogP contribution in [0.25, 0.3) is 11.1 Å². The van der Waals surface area contributed by atoms with Gasteiger partial charge in [-0.3, -0.25) is 4.79 Å². The number of nitrogens with zero attached hydrogens (tertiary/aromatic N) is 2. The van der Waals surface area contributed by atoms with Gasteiger partial charge in [-0.15, -0.1) is 0 Å². The van der Waals surface area contributed by atoms with Crippen LogP contribution in [0.2, 0.25) is 5.02 Å². The van der Waals surface area contributed by atoms with Crippen LogP contribution in [0.4, 0.5) is 5.69 Å². The minimum Gasteiger partial charge on any atom is -0.467 e.